The van der Waals surface area contributed by atoms with Crippen LogP contribution in [0.15, 0.2) is 72.6 Å². The van der Waals surface area contributed by atoms with Gasteiger partial charge in [0, 0.05) is 23.6 Å². The van der Waals surface area contributed by atoms with Gasteiger partial charge >= 0.3 is 0 Å². The summed E-state index contributed by atoms with van der Waals surface area (Å²) in [6, 6.07) is 12.2. The summed E-state index contributed by atoms with van der Waals surface area (Å²) in [5.74, 6) is -1.73. The van der Waals surface area contributed by atoms with Crippen molar-refractivity contribution in [2.45, 2.75) is 6.04 Å². The summed E-state index contributed by atoms with van der Waals surface area (Å²) in [5.41, 5.74) is 1.06. The predicted octanol–water partition coefficient (Wildman–Crippen LogP) is 3.86. The lowest BCUT2D eigenvalue weighted by molar-refractivity contribution is -0.132. The van der Waals surface area contributed by atoms with Crippen molar-refractivity contribution in [1.29, 1.82) is 0 Å². The number of rotatable bonds is 5. The molecule has 162 valence electrons. The number of pyridine rings is 1. The molecule has 4 rings (SSSR count). The molecule has 1 N–H and O–H groups in total. The average molecular weight is 434 g/mol. The number of nitrogens with zero attached hydrogens (tertiary/aromatic N) is 2. The van der Waals surface area contributed by atoms with E-state index in [1.165, 1.54) is 61.8 Å². The minimum atomic E-state index is -0.934. The number of aliphatic hydroxyl groups excluding tert-OH is 1. The van der Waals surface area contributed by atoms with E-state index >= 15 is 0 Å². The first-order chi connectivity index (χ1) is 15.5. The van der Waals surface area contributed by atoms with Gasteiger partial charge in [-0.25, -0.2) is 4.39 Å². The van der Waals surface area contributed by atoms with E-state index in [-0.39, 0.29) is 16.9 Å². The third kappa shape index (κ3) is 3.56. The Hall–Kier alpha value is -4.20. The van der Waals surface area contributed by atoms with Crippen LogP contribution < -0.4 is 14.4 Å². The Morgan fingerprint density at radius 1 is 0.969 bits per heavy atom. The van der Waals surface area contributed by atoms with Gasteiger partial charge in [0.1, 0.15) is 11.6 Å². The number of aromatic nitrogens is 1. The van der Waals surface area contributed by atoms with Crippen LogP contribution in [0.5, 0.6) is 11.5 Å². The zero-order chi connectivity index (χ0) is 22.8. The lowest BCUT2D eigenvalue weighted by atomic mass is 9.95. The molecule has 2 aromatic carbocycles. The molecule has 3 aromatic rings. The van der Waals surface area contributed by atoms with Crippen LogP contribution in [-0.2, 0) is 9.59 Å². The zero-order valence-electron chi connectivity index (χ0n) is 17.3. The van der Waals surface area contributed by atoms with E-state index in [1.54, 1.807) is 24.3 Å². The first kappa shape index (κ1) is 21.0. The predicted molar refractivity (Wildman–Crippen MR) is 115 cm³/mol. The molecular formula is C24H19FN2O5. The molecule has 0 saturated carbocycles. The van der Waals surface area contributed by atoms with Crippen molar-refractivity contribution >= 4 is 23.1 Å². The van der Waals surface area contributed by atoms with Crippen molar-refractivity contribution in [3.63, 3.8) is 0 Å². The van der Waals surface area contributed by atoms with E-state index in [1.807, 2.05) is 0 Å². The number of Topliss-reactive ketones (excluding diaryl/α,β-unsaturated/α-hetero) is 1. The van der Waals surface area contributed by atoms with Gasteiger partial charge in [-0.05, 0) is 60.2 Å². The van der Waals surface area contributed by atoms with Crippen molar-refractivity contribution in [2.24, 2.45) is 0 Å². The van der Waals surface area contributed by atoms with Gasteiger partial charge in [-0.3, -0.25) is 19.5 Å². The molecule has 1 unspecified atom stereocenters. The van der Waals surface area contributed by atoms with Gasteiger partial charge in [-0.1, -0.05) is 0 Å². The summed E-state index contributed by atoms with van der Waals surface area (Å²) in [6.45, 7) is 0. The molecule has 1 saturated heterocycles. The Balaban J connectivity index is 1.92. The highest BCUT2D eigenvalue weighted by atomic mass is 19.1. The molecule has 32 heavy (non-hydrogen) atoms. The van der Waals surface area contributed by atoms with E-state index in [0.717, 1.165) is 0 Å². The third-order valence-electron chi connectivity index (χ3n) is 5.23. The van der Waals surface area contributed by atoms with E-state index in [0.29, 0.717) is 22.7 Å². The van der Waals surface area contributed by atoms with Crippen molar-refractivity contribution in [2.75, 3.05) is 19.1 Å². The molecule has 0 bridgehead atoms. The molecule has 2 heterocycles. The Kier molecular flexibility index (Phi) is 5.59. The molecule has 0 aliphatic carbocycles. The number of halogens is 1. The molecule has 7 nitrogen and oxygen atoms in total. The third-order valence-corrected chi connectivity index (χ3v) is 5.23. The molecule has 1 aliphatic heterocycles. The van der Waals surface area contributed by atoms with Gasteiger partial charge < -0.3 is 14.6 Å². The second-order valence-corrected chi connectivity index (χ2v) is 7.00. The van der Waals surface area contributed by atoms with Gasteiger partial charge in [-0.2, -0.15) is 0 Å². The van der Waals surface area contributed by atoms with E-state index in [2.05, 4.69) is 4.98 Å². The standard InChI is InChI=1S/C24H19FN2O5/c1-31-18-8-3-15(13-19(18)32-2)22(28)20-21(14-9-11-26-12-10-14)27(24(30)23(20)29)17-6-4-16(25)5-7-17/h3-13,21,28H,1-2H3/b22-20-. The van der Waals surface area contributed by atoms with Crippen LogP contribution in [0.4, 0.5) is 10.1 Å². The Labute approximate surface area is 183 Å². The number of carbonyl (C=O) groups is 2. The minimum absolute atomic E-state index is 0.0993. The van der Waals surface area contributed by atoms with E-state index < -0.39 is 23.5 Å². The number of anilines is 1. The highest BCUT2D eigenvalue weighted by Crippen LogP contribution is 2.42. The quantitative estimate of drug-likeness (QED) is 0.373. The van der Waals surface area contributed by atoms with Crippen LogP contribution in [0.2, 0.25) is 0 Å². The number of ether oxygens (including phenoxy) is 2. The van der Waals surface area contributed by atoms with Gasteiger partial charge in [0.05, 0.1) is 25.8 Å². The SMILES string of the molecule is COc1ccc(/C(O)=C2/C(=O)C(=O)N(c3ccc(F)cc3)C2c2ccncc2)cc1OC. The first-order valence-electron chi connectivity index (χ1n) is 9.65. The zero-order valence-corrected chi connectivity index (χ0v) is 17.3. The fourth-order valence-electron chi connectivity index (χ4n) is 3.70. The highest BCUT2D eigenvalue weighted by molar-refractivity contribution is 6.51. The molecule has 1 aromatic heterocycles. The number of aliphatic hydroxyl groups is 1. The van der Waals surface area contributed by atoms with Crippen LogP contribution in [0, 0.1) is 5.82 Å². The van der Waals surface area contributed by atoms with Gasteiger partial charge in [0.25, 0.3) is 11.7 Å². The number of methoxy groups -OCH3 is 2. The summed E-state index contributed by atoms with van der Waals surface area (Å²) in [7, 11) is 2.93. The number of carbonyl (C=O) groups excluding carboxylic acids is 2. The summed E-state index contributed by atoms with van der Waals surface area (Å²) in [6.07, 6.45) is 3.05. The van der Waals surface area contributed by atoms with Gasteiger partial charge in [-0.15, -0.1) is 0 Å². The van der Waals surface area contributed by atoms with Crippen LogP contribution in [0.25, 0.3) is 5.76 Å². The molecular weight excluding hydrogens is 415 g/mol. The van der Waals surface area contributed by atoms with Crippen molar-refractivity contribution in [3.05, 3.63) is 89.5 Å². The van der Waals surface area contributed by atoms with Crippen molar-refractivity contribution < 1.29 is 28.6 Å². The number of benzene rings is 2. The molecule has 1 atom stereocenters. The summed E-state index contributed by atoms with van der Waals surface area (Å²) in [4.78, 5) is 31.3. The molecule has 1 aliphatic rings. The average Bonchev–Trinajstić information content (AvgIpc) is 3.09. The highest BCUT2D eigenvalue weighted by Gasteiger charge is 2.47. The first-order valence-corrected chi connectivity index (χ1v) is 9.65. The van der Waals surface area contributed by atoms with Crippen LogP contribution >= 0.6 is 0 Å². The normalized spacial score (nSPS) is 17.5. The van der Waals surface area contributed by atoms with Crippen LogP contribution in [0.1, 0.15) is 17.2 Å². The summed E-state index contributed by atoms with van der Waals surface area (Å²) >= 11 is 0. The maximum Gasteiger partial charge on any atom is 0.300 e. The molecule has 1 fully saturated rings. The van der Waals surface area contributed by atoms with E-state index in [9.17, 15) is 19.1 Å². The smallest absolute Gasteiger partial charge is 0.300 e. The van der Waals surface area contributed by atoms with Gasteiger partial charge in [0.2, 0.25) is 0 Å². The Morgan fingerprint density at radius 3 is 2.25 bits per heavy atom. The van der Waals surface area contributed by atoms with Crippen LogP contribution in [-0.4, -0.2) is 36.0 Å². The fourth-order valence-corrected chi connectivity index (χ4v) is 3.70. The van der Waals surface area contributed by atoms with Crippen molar-refractivity contribution in [1.82, 2.24) is 4.98 Å². The molecule has 0 radical (unpaired) electrons. The lowest BCUT2D eigenvalue weighted by Gasteiger charge is -2.25. The lowest BCUT2D eigenvalue weighted by Crippen LogP contribution is -2.29. The molecule has 1 amide bonds. The number of hydrogen-bond donors (Lipinski definition) is 1. The maximum atomic E-state index is 13.5. The summed E-state index contributed by atoms with van der Waals surface area (Å²) in [5, 5.41) is 11.1. The van der Waals surface area contributed by atoms with Gasteiger partial charge in [0.15, 0.2) is 11.5 Å². The molecule has 8 heteroatoms. The fraction of sp³-hybridized carbons (Fsp3) is 0.125. The van der Waals surface area contributed by atoms with E-state index in [4.69, 9.17) is 9.47 Å². The number of hydrogen-bond acceptors (Lipinski definition) is 6. The number of ketones is 1. The van der Waals surface area contributed by atoms with Crippen molar-refractivity contribution in [3.8, 4) is 11.5 Å². The molecule has 0 spiro atoms. The monoisotopic (exact) mass is 434 g/mol. The van der Waals surface area contributed by atoms with Crippen LogP contribution in [0.3, 0.4) is 0 Å². The largest absolute Gasteiger partial charge is 0.507 e. The minimum Gasteiger partial charge on any atom is -0.507 e. The second-order valence-electron chi connectivity index (χ2n) is 7.00. The Bertz CT molecular complexity index is 1210. The topological polar surface area (TPSA) is 89.0 Å². The summed E-state index contributed by atoms with van der Waals surface area (Å²) < 4.78 is 24.0. The number of amides is 1. The second kappa shape index (κ2) is 8.50. The maximum absolute atomic E-state index is 13.5. The Morgan fingerprint density at radius 2 is 1.62 bits per heavy atom.